The number of carboxylic acids is 1. The summed E-state index contributed by atoms with van der Waals surface area (Å²) in [6, 6.07) is 16.7. The molecule has 8 nitrogen and oxygen atoms in total. The predicted octanol–water partition coefficient (Wildman–Crippen LogP) is 6.72. The number of carbonyl (C=O) groups is 1. The monoisotopic (exact) mass is 575 g/mol. The van der Waals surface area contributed by atoms with E-state index in [1.165, 1.54) is 4.31 Å². The number of para-hydroxylation sites is 1. The lowest BCUT2D eigenvalue weighted by atomic mass is 9.81. The number of fused-ring (bicyclic) bond motifs is 2. The molecule has 5 rings (SSSR count). The molecular weight excluding hydrogens is 538 g/mol. The number of hydrogen-bond donors (Lipinski definition) is 1. The molecule has 0 radical (unpaired) electrons. The predicted molar refractivity (Wildman–Crippen MR) is 158 cm³/mol. The summed E-state index contributed by atoms with van der Waals surface area (Å²) in [6.07, 6.45) is -0.441. The van der Waals surface area contributed by atoms with Crippen molar-refractivity contribution in [3.63, 3.8) is 0 Å². The molecule has 4 atom stereocenters. The largest absolute Gasteiger partial charge is 0.488 e. The zero-order chi connectivity index (χ0) is 29.5. The Morgan fingerprint density at radius 3 is 2.61 bits per heavy atom. The van der Waals surface area contributed by atoms with Crippen LogP contribution in [0.4, 0.5) is 5.69 Å². The van der Waals surface area contributed by atoms with Crippen LogP contribution in [0.15, 0.2) is 69.7 Å². The minimum atomic E-state index is -3.81. The highest BCUT2D eigenvalue weighted by molar-refractivity contribution is 7.89. The quantitative estimate of drug-likeness (QED) is 0.351. The highest BCUT2D eigenvalue weighted by atomic mass is 32.2. The molecule has 0 fully saturated rings. The first-order valence-corrected chi connectivity index (χ1v) is 15.5. The van der Waals surface area contributed by atoms with E-state index >= 15 is 0 Å². The summed E-state index contributed by atoms with van der Waals surface area (Å²) in [5.74, 6) is -0.354. The van der Waals surface area contributed by atoms with Gasteiger partial charge in [-0.3, -0.25) is 4.79 Å². The summed E-state index contributed by atoms with van der Waals surface area (Å²) < 4.78 is 34.7. The van der Waals surface area contributed by atoms with Gasteiger partial charge < -0.3 is 9.84 Å². The maximum Gasteiger partial charge on any atom is 0.304 e. The van der Waals surface area contributed by atoms with Gasteiger partial charge in [-0.2, -0.15) is 14.5 Å². The summed E-state index contributed by atoms with van der Waals surface area (Å²) in [7, 11) is -3.81. The summed E-state index contributed by atoms with van der Waals surface area (Å²) in [5.41, 5.74) is 6.34. The van der Waals surface area contributed by atoms with E-state index in [0.29, 0.717) is 18.2 Å². The van der Waals surface area contributed by atoms with Gasteiger partial charge in [0.2, 0.25) is 10.0 Å². The second-order valence-electron chi connectivity index (χ2n) is 11.4. The number of azo groups is 1. The smallest absolute Gasteiger partial charge is 0.304 e. The molecule has 3 aromatic rings. The molecule has 2 heterocycles. The number of aliphatic carboxylic acids is 1. The van der Waals surface area contributed by atoms with Crippen LogP contribution in [0.1, 0.15) is 72.4 Å². The van der Waals surface area contributed by atoms with Crippen LogP contribution in [0.25, 0.3) is 0 Å². The molecule has 4 unspecified atom stereocenters. The molecule has 0 spiro atoms. The lowest BCUT2D eigenvalue weighted by Gasteiger charge is -2.25. The fourth-order valence-electron chi connectivity index (χ4n) is 5.86. The first kappa shape index (κ1) is 29.0. The van der Waals surface area contributed by atoms with Gasteiger partial charge in [0.25, 0.3) is 0 Å². The molecule has 3 aromatic carbocycles. The first-order valence-electron chi connectivity index (χ1n) is 14.0. The van der Waals surface area contributed by atoms with Gasteiger partial charge in [0.15, 0.2) is 0 Å². The molecule has 2 aliphatic rings. The Kier molecular flexibility index (Phi) is 8.03. The molecule has 0 amide bonds. The van der Waals surface area contributed by atoms with Crippen molar-refractivity contribution in [2.75, 3.05) is 13.1 Å². The van der Waals surface area contributed by atoms with Crippen molar-refractivity contribution in [2.24, 2.45) is 16.1 Å². The average Bonchev–Trinajstić information content (AvgIpc) is 3.12. The fourth-order valence-corrected chi connectivity index (χ4v) is 7.47. The average molecular weight is 576 g/mol. The van der Waals surface area contributed by atoms with Gasteiger partial charge in [0.05, 0.1) is 25.2 Å². The first-order chi connectivity index (χ1) is 19.5. The van der Waals surface area contributed by atoms with Crippen LogP contribution >= 0.6 is 0 Å². The third kappa shape index (κ3) is 5.65. The minimum Gasteiger partial charge on any atom is -0.488 e. The summed E-state index contributed by atoms with van der Waals surface area (Å²) in [6.45, 7) is 11.1. The Labute approximate surface area is 242 Å². The van der Waals surface area contributed by atoms with Gasteiger partial charge in [0.1, 0.15) is 16.7 Å². The van der Waals surface area contributed by atoms with Crippen LogP contribution < -0.4 is 4.74 Å². The topological polar surface area (TPSA) is 109 Å². The lowest BCUT2D eigenvalue weighted by molar-refractivity contribution is -0.137. The molecule has 0 saturated heterocycles. The second-order valence-corrected chi connectivity index (χ2v) is 13.3. The Morgan fingerprint density at radius 2 is 1.85 bits per heavy atom. The number of hydrogen-bond acceptors (Lipinski definition) is 6. The zero-order valence-corrected chi connectivity index (χ0v) is 25.0. The summed E-state index contributed by atoms with van der Waals surface area (Å²) in [5, 5.41) is 18.9. The third-order valence-corrected chi connectivity index (χ3v) is 10.4. The molecular formula is C32H37N3O5S. The van der Waals surface area contributed by atoms with Crippen LogP contribution in [0.3, 0.4) is 0 Å². The van der Waals surface area contributed by atoms with E-state index < -0.39 is 21.9 Å². The van der Waals surface area contributed by atoms with Gasteiger partial charge in [-0.15, -0.1) is 0 Å². The van der Waals surface area contributed by atoms with Crippen molar-refractivity contribution >= 4 is 21.7 Å². The van der Waals surface area contributed by atoms with Crippen LogP contribution in [-0.4, -0.2) is 43.0 Å². The Hall–Kier alpha value is -3.56. The van der Waals surface area contributed by atoms with E-state index in [-0.39, 0.29) is 36.4 Å². The highest BCUT2D eigenvalue weighted by Crippen LogP contribution is 2.42. The van der Waals surface area contributed by atoms with E-state index in [1.54, 1.807) is 24.3 Å². The number of nitrogens with zero attached hydrogens (tertiary/aromatic N) is 3. The summed E-state index contributed by atoms with van der Waals surface area (Å²) >= 11 is 0. The van der Waals surface area contributed by atoms with Crippen LogP contribution in [0, 0.1) is 19.8 Å². The van der Waals surface area contributed by atoms with Crippen molar-refractivity contribution in [1.29, 1.82) is 0 Å². The number of carboxylic acid groups (broad SMARTS) is 1. The van der Waals surface area contributed by atoms with Crippen LogP contribution in [0.2, 0.25) is 0 Å². The molecule has 0 bridgehead atoms. The van der Waals surface area contributed by atoms with Crippen molar-refractivity contribution < 1.29 is 23.1 Å². The Bertz CT molecular complexity index is 1620. The van der Waals surface area contributed by atoms with E-state index in [0.717, 1.165) is 39.1 Å². The molecule has 0 aromatic heterocycles. The summed E-state index contributed by atoms with van der Waals surface area (Å²) in [4.78, 5) is 12.3. The molecule has 0 saturated carbocycles. The van der Waals surface area contributed by atoms with Gasteiger partial charge >= 0.3 is 5.97 Å². The van der Waals surface area contributed by atoms with Crippen molar-refractivity contribution in [3.8, 4) is 5.75 Å². The molecule has 0 aliphatic carbocycles. The zero-order valence-electron chi connectivity index (χ0n) is 24.2. The number of rotatable bonds is 6. The highest BCUT2D eigenvalue weighted by Gasteiger charge is 2.34. The second kappa shape index (κ2) is 11.4. The van der Waals surface area contributed by atoms with Gasteiger partial charge in [-0.25, -0.2) is 8.42 Å². The van der Waals surface area contributed by atoms with Gasteiger partial charge in [-0.05, 0) is 78.1 Å². The van der Waals surface area contributed by atoms with E-state index in [2.05, 4.69) is 30.1 Å². The van der Waals surface area contributed by atoms with Crippen molar-refractivity contribution in [1.82, 2.24) is 4.31 Å². The Balaban J connectivity index is 1.55. The fraction of sp³-hybridized carbons (Fsp3) is 0.406. The van der Waals surface area contributed by atoms with Gasteiger partial charge in [0, 0.05) is 12.5 Å². The molecule has 41 heavy (non-hydrogen) atoms. The molecule has 216 valence electrons. The van der Waals surface area contributed by atoms with E-state index in [4.69, 9.17) is 4.74 Å². The number of benzene rings is 3. The lowest BCUT2D eigenvalue weighted by Crippen LogP contribution is -2.35. The number of aryl methyl sites for hydroxylation is 1. The van der Waals surface area contributed by atoms with E-state index in [9.17, 15) is 18.3 Å². The normalized spacial score (nSPS) is 22.5. The van der Waals surface area contributed by atoms with Crippen molar-refractivity contribution in [2.45, 2.75) is 70.4 Å². The van der Waals surface area contributed by atoms with E-state index in [1.807, 2.05) is 45.0 Å². The Morgan fingerprint density at radius 1 is 1.10 bits per heavy atom. The molecule has 1 N–H and O–H groups in total. The standard InChI is InChI=1S/C32H37N3O5S/c1-19-10-11-24(14-25(19)18-35-17-21(3)40-29-8-6-7-9-30(29)41(35,38)39)28(15-31(36)37)26-12-13-27-22(4)20(2)16-33-34-32(27)23(26)5/h6-14,20-22,28H,15-18H2,1-5H3,(H,36,37). The number of sulfonamides is 1. The minimum absolute atomic E-state index is 0.106. The molecule has 9 heteroatoms. The number of ether oxygens (including phenoxy) is 1. The van der Waals surface area contributed by atoms with Gasteiger partial charge in [-0.1, -0.05) is 56.3 Å². The SMILES string of the molecule is Cc1ccc(C(CC(=O)O)c2ccc3c(c2C)N=NCC(C)C3C)cc1CN1CC(C)Oc2ccccc2S1(=O)=O. The maximum atomic E-state index is 13.7. The molecule has 2 aliphatic heterocycles. The van der Waals surface area contributed by atoms with Crippen LogP contribution in [0.5, 0.6) is 5.75 Å². The maximum absolute atomic E-state index is 13.7. The van der Waals surface area contributed by atoms with Crippen molar-refractivity contribution in [3.05, 3.63) is 88.0 Å². The third-order valence-electron chi connectivity index (χ3n) is 8.52. The van der Waals surface area contributed by atoms with Crippen LogP contribution in [-0.2, 0) is 21.4 Å².